The van der Waals surface area contributed by atoms with E-state index < -0.39 is 0 Å². The van der Waals surface area contributed by atoms with Crippen LogP contribution in [0.25, 0.3) is 17.1 Å². The minimum absolute atomic E-state index is 0.0271. The molecule has 0 bridgehead atoms. The number of ether oxygens (including phenoxy) is 1. The van der Waals surface area contributed by atoms with Crippen molar-refractivity contribution in [3.05, 3.63) is 70.2 Å². The number of fused-ring (bicyclic) bond motifs is 2. The van der Waals surface area contributed by atoms with Gasteiger partial charge in [-0.3, -0.25) is 9.36 Å². The second-order valence-corrected chi connectivity index (χ2v) is 7.34. The molecule has 1 fully saturated rings. The van der Waals surface area contributed by atoms with E-state index in [4.69, 9.17) is 4.74 Å². The van der Waals surface area contributed by atoms with Crippen molar-refractivity contribution >= 4 is 23.0 Å². The zero-order valence-electron chi connectivity index (χ0n) is 15.4. The number of benzene rings is 2. The zero-order chi connectivity index (χ0) is 19.1. The Hall–Kier alpha value is -3.28. The summed E-state index contributed by atoms with van der Waals surface area (Å²) < 4.78 is 7.57. The van der Waals surface area contributed by atoms with Crippen molar-refractivity contribution in [2.24, 2.45) is 0 Å². The van der Waals surface area contributed by atoms with Crippen LogP contribution in [0.3, 0.4) is 0 Å². The monoisotopic (exact) mass is 375 g/mol. The third kappa shape index (κ3) is 2.81. The van der Waals surface area contributed by atoms with Gasteiger partial charge in [0, 0.05) is 24.7 Å². The lowest BCUT2D eigenvalue weighted by Gasteiger charge is -2.33. The van der Waals surface area contributed by atoms with Crippen molar-refractivity contribution < 1.29 is 9.53 Å². The second kappa shape index (κ2) is 6.71. The smallest absolute Gasteiger partial charge is 0.326 e. The highest BCUT2D eigenvalue weighted by molar-refractivity contribution is 5.99. The molecule has 0 atom stereocenters. The molecule has 0 aliphatic carbocycles. The van der Waals surface area contributed by atoms with E-state index in [-0.39, 0.29) is 17.6 Å². The third-order valence-corrected chi connectivity index (χ3v) is 5.65. The number of rotatable bonds is 2. The van der Waals surface area contributed by atoms with E-state index in [0.717, 1.165) is 35.2 Å². The summed E-state index contributed by atoms with van der Waals surface area (Å²) in [6, 6.07) is 15.6. The Balaban J connectivity index is 1.32. The summed E-state index contributed by atoms with van der Waals surface area (Å²) in [5.41, 5.74) is 3.33. The van der Waals surface area contributed by atoms with E-state index in [1.807, 2.05) is 64.1 Å². The number of aromatic nitrogens is 2. The summed E-state index contributed by atoms with van der Waals surface area (Å²) in [7, 11) is 0. The number of piperidine rings is 1. The summed E-state index contributed by atoms with van der Waals surface area (Å²) in [5.74, 6) is 0.843. The van der Waals surface area contributed by atoms with Gasteiger partial charge in [0.15, 0.2) is 0 Å². The van der Waals surface area contributed by atoms with Gasteiger partial charge in [0.2, 0.25) is 0 Å². The molecule has 1 N–H and O–H groups in total. The lowest BCUT2D eigenvalue weighted by molar-refractivity contribution is -0.128. The van der Waals surface area contributed by atoms with Gasteiger partial charge < -0.3 is 14.6 Å². The molecule has 0 radical (unpaired) electrons. The number of hydrogen-bond donors (Lipinski definition) is 1. The van der Waals surface area contributed by atoms with Gasteiger partial charge in [-0.2, -0.15) is 0 Å². The van der Waals surface area contributed by atoms with Crippen LogP contribution in [-0.2, 0) is 4.79 Å². The topological polar surface area (TPSA) is 67.3 Å². The van der Waals surface area contributed by atoms with Crippen molar-refractivity contribution in [2.45, 2.75) is 18.9 Å². The van der Waals surface area contributed by atoms with Crippen LogP contribution >= 0.6 is 0 Å². The second-order valence-electron chi connectivity index (χ2n) is 7.34. The summed E-state index contributed by atoms with van der Waals surface area (Å²) in [6.07, 6.45) is 3.45. The van der Waals surface area contributed by atoms with Crippen molar-refractivity contribution in [3.63, 3.8) is 0 Å². The molecule has 5 rings (SSSR count). The van der Waals surface area contributed by atoms with Gasteiger partial charge in [-0.25, -0.2) is 4.79 Å². The first-order valence-electron chi connectivity index (χ1n) is 9.61. The Morgan fingerprint density at radius 1 is 1.04 bits per heavy atom. The van der Waals surface area contributed by atoms with E-state index >= 15 is 0 Å². The molecule has 2 aliphatic rings. The molecule has 0 spiro atoms. The van der Waals surface area contributed by atoms with Crippen molar-refractivity contribution in [3.8, 4) is 5.75 Å². The number of carbonyl (C=O) groups is 1. The number of carbonyl (C=O) groups excluding carboxylic acids is 1. The third-order valence-electron chi connectivity index (χ3n) is 5.65. The van der Waals surface area contributed by atoms with Gasteiger partial charge in [-0.1, -0.05) is 30.3 Å². The van der Waals surface area contributed by atoms with E-state index in [2.05, 4.69) is 4.98 Å². The Kier molecular flexibility index (Phi) is 4.04. The predicted molar refractivity (Wildman–Crippen MR) is 107 cm³/mol. The molecule has 3 aromatic rings. The van der Waals surface area contributed by atoms with E-state index in [9.17, 15) is 9.59 Å². The predicted octanol–water partition coefficient (Wildman–Crippen LogP) is 2.97. The molecule has 3 heterocycles. The van der Waals surface area contributed by atoms with Crippen LogP contribution in [0.5, 0.6) is 5.75 Å². The molecule has 142 valence electrons. The molecule has 1 saturated heterocycles. The standard InChI is InChI=1S/C22H21N3O3/c26-21(16-13-15-5-1-4-8-20(15)28-14-16)24-11-9-17(10-12-24)25-19-7-3-2-6-18(19)23-22(25)27/h1-8,13,17H,9-12,14H2,(H,23,27). The Morgan fingerprint density at radius 2 is 1.79 bits per heavy atom. The van der Waals surface area contributed by atoms with Gasteiger partial charge in [0.25, 0.3) is 5.91 Å². The van der Waals surface area contributed by atoms with Gasteiger partial charge in [-0.15, -0.1) is 0 Å². The molecule has 28 heavy (non-hydrogen) atoms. The largest absolute Gasteiger partial charge is 0.488 e. The number of H-pyrrole nitrogens is 1. The SMILES string of the molecule is O=C(C1=Cc2ccccc2OC1)N1CCC(n2c(=O)[nH]c3ccccc32)CC1. The van der Waals surface area contributed by atoms with E-state index in [1.54, 1.807) is 0 Å². The van der Waals surface area contributed by atoms with E-state index in [1.165, 1.54) is 0 Å². The highest BCUT2D eigenvalue weighted by Gasteiger charge is 2.28. The van der Waals surface area contributed by atoms with Crippen molar-refractivity contribution in [2.75, 3.05) is 19.7 Å². The number of nitrogens with zero attached hydrogens (tertiary/aromatic N) is 2. The molecule has 0 saturated carbocycles. The number of aromatic amines is 1. The first-order chi connectivity index (χ1) is 13.7. The van der Waals surface area contributed by atoms with Crippen LogP contribution in [0, 0.1) is 0 Å². The average Bonchev–Trinajstić information content (AvgIpc) is 3.08. The van der Waals surface area contributed by atoms with Gasteiger partial charge in [0.05, 0.1) is 16.6 Å². The fourth-order valence-corrected chi connectivity index (χ4v) is 4.21. The molecular formula is C22H21N3O3. The van der Waals surface area contributed by atoms with Crippen LogP contribution in [0.15, 0.2) is 58.9 Å². The molecule has 1 amide bonds. The molecule has 2 aromatic carbocycles. The Labute approximate surface area is 162 Å². The van der Waals surface area contributed by atoms with E-state index in [0.29, 0.717) is 25.3 Å². The van der Waals surface area contributed by atoms with Crippen LogP contribution in [0.2, 0.25) is 0 Å². The number of para-hydroxylation sites is 3. The van der Waals surface area contributed by atoms with Gasteiger partial charge >= 0.3 is 5.69 Å². The number of amides is 1. The maximum Gasteiger partial charge on any atom is 0.326 e. The van der Waals surface area contributed by atoms with Crippen LogP contribution < -0.4 is 10.4 Å². The van der Waals surface area contributed by atoms with Crippen LogP contribution in [0.4, 0.5) is 0 Å². The minimum atomic E-state index is -0.0778. The highest BCUT2D eigenvalue weighted by atomic mass is 16.5. The summed E-state index contributed by atoms with van der Waals surface area (Å²) in [6.45, 7) is 1.57. The fourth-order valence-electron chi connectivity index (χ4n) is 4.21. The number of imidazole rings is 1. The average molecular weight is 375 g/mol. The van der Waals surface area contributed by atoms with Crippen molar-refractivity contribution in [1.82, 2.24) is 14.5 Å². The lowest BCUT2D eigenvalue weighted by Crippen LogP contribution is -2.42. The van der Waals surface area contributed by atoms with Crippen LogP contribution in [0.1, 0.15) is 24.4 Å². The molecule has 2 aliphatic heterocycles. The fraction of sp³-hybridized carbons (Fsp3) is 0.273. The molecule has 6 heteroatoms. The van der Waals surface area contributed by atoms with Crippen LogP contribution in [-0.4, -0.2) is 40.1 Å². The highest BCUT2D eigenvalue weighted by Crippen LogP contribution is 2.29. The maximum atomic E-state index is 12.9. The maximum absolute atomic E-state index is 12.9. The molecule has 1 aromatic heterocycles. The lowest BCUT2D eigenvalue weighted by atomic mass is 10.0. The Morgan fingerprint density at radius 3 is 2.64 bits per heavy atom. The zero-order valence-corrected chi connectivity index (χ0v) is 15.4. The molecule has 6 nitrogen and oxygen atoms in total. The quantitative estimate of drug-likeness (QED) is 0.749. The first kappa shape index (κ1) is 16.9. The normalized spacial score (nSPS) is 17.1. The minimum Gasteiger partial charge on any atom is -0.488 e. The summed E-state index contributed by atoms with van der Waals surface area (Å²) in [5, 5.41) is 0. The molecular weight excluding hydrogens is 354 g/mol. The van der Waals surface area contributed by atoms with Gasteiger partial charge in [-0.05, 0) is 37.1 Å². The van der Waals surface area contributed by atoms with Gasteiger partial charge in [0.1, 0.15) is 12.4 Å². The van der Waals surface area contributed by atoms with Crippen molar-refractivity contribution in [1.29, 1.82) is 0 Å². The number of hydrogen-bond acceptors (Lipinski definition) is 3. The first-order valence-corrected chi connectivity index (χ1v) is 9.61. The Bertz CT molecular complexity index is 1130. The summed E-state index contributed by atoms with van der Waals surface area (Å²) >= 11 is 0. The molecule has 0 unspecified atom stereocenters. The summed E-state index contributed by atoms with van der Waals surface area (Å²) in [4.78, 5) is 30.2. The number of nitrogens with one attached hydrogen (secondary N) is 1. The number of likely N-dealkylation sites (tertiary alicyclic amines) is 1.